The molecule has 0 radical (unpaired) electrons. The molecule has 0 aromatic heterocycles. The van der Waals surface area contributed by atoms with E-state index in [0.717, 1.165) is 37.6 Å². The highest BCUT2D eigenvalue weighted by Gasteiger charge is 2.23. The van der Waals surface area contributed by atoms with Gasteiger partial charge in [0.25, 0.3) is 11.6 Å². The van der Waals surface area contributed by atoms with E-state index in [9.17, 15) is 19.3 Å². The maximum atomic E-state index is 13.3. The number of nitro groups is 1. The number of nitrogens with zero attached hydrogens (tertiary/aromatic N) is 1. The van der Waals surface area contributed by atoms with Gasteiger partial charge in [-0.2, -0.15) is 0 Å². The van der Waals surface area contributed by atoms with Crippen molar-refractivity contribution in [2.24, 2.45) is 0 Å². The Morgan fingerprint density at radius 1 is 1.50 bits per heavy atom. The normalized spacial score (nSPS) is 22.3. The summed E-state index contributed by atoms with van der Waals surface area (Å²) in [7, 11) is 0. The van der Waals surface area contributed by atoms with Gasteiger partial charge in [0.15, 0.2) is 0 Å². The van der Waals surface area contributed by atoms with Gasteiger partial charge in [0.2, 0.25) is 0 Å². The summed E-state index contributed by atoms with van der Waals surface area (Å²) in [6.45, 7) is 2.86. The van der Waals surface area contributed by atoms with Crippen LogP contribution in [0.5, 0.6) is 0 Å². The Labute approximate surface area is 115 Å². The average Bonchev–Trinajstić information content (AvgIpc) is 2.40. The van der Waals surface area contributed by atoms with E-state index in [0.29, 0.717) is 0 Å². The van der Waals surface area contributed by atoms with E-state index in [1.807, 2.05) is 6.92 Å². The van der Waals surface area contributed by atoms with E-state index in [2.05, 4.69) is 10.6 Å². The summed E-state index contributed by atoms with van der Waals surface area (Å²) in [5.74, 6) is -1.28. The Kier molecular flexibility index (Phi) is 4.29. The van der Waals surface area contributed by atoms with Crippen molar-refractivity contribution >= 4 is 11.6 Å². The second-order valence-corrected chi connectivity index (χ2v) is 4.92. The molecule has 20 heavy (non-hydrogen) atoms. The van der Waals surface area contributed by atoms with Crippen LogP contribution in [0.2, 0.25) is 0 Å². The minimum atomic E-state index is -0.792. The Bertz CT molecular complexity index is 536. The molecule has 2 atom stereocenters. The van der Waals surface area contributed by atoms with Crippen LogP contribution in [-0.2, 0) is 0 Å². The second kappa shape index (κ2) is 5.96. The van der Waals surface area contributed by atoms with Crippen LogP contribution < -0.4 is 10.6 Å². The summed E-state index contributed by atoms with van der Waals surface area (Å²) in [6, 6.07) is 2.94. The zero-order chi connectivity index (χ0) is 14.7. The summed E-state index contributed by atoms with van der Waals surface area (Å²) in [5.41, 5.74) is -0.459. The molecule has 2 rings (SSSR count). The number of nitrogens with one attached hydrogen (secondary N) is 2. The van der Waals surface area contributed by atoms with Gasteiger partial charge in [-0.05, 0) is 32.4 Å². The number of non-ortho nitro benzene ring substituents is 1. The highest BCUT2D eigenvalue weighted by molar-refractivity contribution is 5.95. The molecule has 7 heteroatoms. The summed E-state index contributed by atoms with van der Waals surface area (Å²) >= 11 is 0. The Morgan fingerprint density at radius 2 is 2.25 bits per heavy atom. The van der Waals surface area contributed by atoms with Gasteiger partial charge in [-0.3, -0.25) is 14.9 Å². The van der Waals surface area contributed by atoms with Crippen LogP contribution in [0.25, 0.3) is 0 Å². The fraction of sp³-hybridized carbons (Fsp3) is 0.462. The number of nitro benzene ring substituents is 1. The number of piperidine rings is 1. The van der Waals surface area contributed by atoms with E-state index in [4.69, 9.17) is 0 Å². The largest absolute Gasteiger partial charge is 0.348 e. The molecule has 1 aromatic rings. The lowest BCUT2D eigenvalue weighted by atomic mass is 9.99. The van der Waals surface area contributed by atoms with Gasteiger partial charge in [0.05, 0.1) is 11.0 Å². The van der Waals surface area contributed by atoms with Crippen molar-refractivity contribution in [3.63, 3.8) is 0 Å². The third-order valence-electron chi connectivity index (χ3n) is 3.43. The van der Waals surface area contributed by atoms with E-state index >= 15 is 0 Å². The van der Waals surface area contributed by atoms with Crippen molar-refractivity contribution in [3.05, 3.63) is 39.7 Å². The topological polar surface area (TPSA) is 84.3 Å². The molecular formula is C13H16FN3O3. The summed E-state index contributed by atoms with van der Waals surface area (Å²) in [6.07, 6.45) is 1.77. The fourth-order valence-corrected chi connectivity index (χ4v) is 2.30. The van der Waals surface area contributed by atoms with Gasteiger partial charge in [-0.15, -0.1) is 0 Å². The van der Waals surface area contributed by atoms with E-state index in [1.165, 1.54) is 0 Å². The zero-order valence-corrected chi connectivity index (χ0v) is 11.1. The maximum Gasteiger partial charge on any atom is 0.273 e. The number of hydrogen-bond donors (Lipinski definition) is 2. The first-order valence-electron chi connectivity index (χ1n) is 6.46. The number of carbonyl (C=O) groups excluding carboxylic acids is 1. The number of rotatable bonds is 3. The number of carbonyl (C=O) groups is 1. The number of hydrogen-bond acceptors (Lipinski definition) is 4. The molecule has 2 unspecified atom stereocenters. The summed E-state index contributed by atoms with van der Waals surface area (Å²) in [4.78, 5) is 22.0. The van der Waals surface area contributed by atoms with Crippen LogP contribution in [0.1, 0.15) is 30.1 Å². The lowest BCUT2D eigenvalue weighted by Crippen LogP contribution is -2.51. The average molecular weight is 281 g/mol. The number of benzene rings is 1. The van der Waals surface area contributed by atoms with Crippen LogP contribution in [0.15, 0.2) is 18.2 Å². The molecule has 0 bridgehead atoms. The van der Waals surface area contributed by atoms with Crippen molar-refractivity contribution in [1.29, 1.82) is 0 Å². The lowest BCUT2D eigenvalue weighted by Gasteiger charge is -2.30. The minimum absolute atomic E-state index is 0.0329. The monoisotopic (exact) mass is 281 g/mol. The summed E-state index contributed by atoms with van der Waals surface area (Å²) in [5, 5.41) is 16.7. The van der Waals surface area contributed by atoms with E-state index < -0.39 is 22.3 Å². The molecule has 0 saturated carbocycles. The van der Waals surface area contributed by atoms with Crippen LogP contribution in [-0.4, -0.2) is 29.5 Å². The first kappa shape index (κ1) is 14.4. The molecule has 0 aliphatic carbocycles. The third-order valence-corrected chi connectivity index (χ3v) is 3.43. The molecule has 0 spiro atoms. The quantitative estimate of drug-likeness (QED) is 0.651. The Hall–Kier alpha value is -2.02. The van der Waals surface area contributed by atoms with Gasteiger partial charge in [0.1, 0.15) is 5.82 Å². The molecule has 1 heterocycles. The van der Waals surface area contributed by atoms with Crippen molar-refractivity contribution in [2.45, 2.75) is 31.8 Å². The predicted octanol–water partition coefficient (Wildman–Crippen LogP) is 1.60. The Balaban J connectivity index is 2.14. The van der Waals surface area contributed by atoms with Gasteiger partial charge < -0.3 is 10.6 Å². The van der Waals surface area contributed by atoms with Gasteiger partial charge in [0, 0.05) is 23.7 Å². The third kappa shape index (κ3) is 3.30. The van der Waals surface area contributed by atoms with E-state index in [1.54, 1.807) is 0 Å². The smallest absolute Gasteiger partial charge is 0.273 e. The highest BCUT2D eigenvalue weighted by atomic mass is 19.1. The van der Waals surface area contributed by atoms with Gasteiger partial charge in [-0.25, -0.2) is 4.39 Å². The second-order valence-electron chi connectivity index (χ2n) is 4.92. The van der Waals surface area contributed by atoms with Gasteiger partial charge >= 0.3 is 0 Å². The van der Waals surface area contributed by atoms with Crippen molar-refractivity contribution in [3.8, 4) is 0 Å². The van der Waals surface area contributed by atoms with Crippen LogP contribution in [0.3, 0.4) is 0 Å². The molecule has 1 fully saturated rings. The molecule has 108 valence electrons. The first-order chi connectivity index (χ1) is 9.47. The standard InChI is InChI=1S/C13H16FN3O3/c1-8-12(3-2-4-15-8)16-13(18)9-5-10(14)7-11(6-9)17(19)20/h5-8,12,15H,2-4H2,1H3,(H,16,18). The molecule has 2 N–H and O–H groups in total. The molecule has 1 amide bonds. The SMILES string of the molecule is CC1NCCCC1NC(=O)c1cc(F)cc([N+](=O)[O-])c1. The summed E-state index contributed by atoms with van der Waals surface area (Å²) < 4.78 is 13.3. The molecule has 1 aromatic carbocycles. The van der Waals surface area contributed by atoms with Crippen LogP contribution in [0, 0.1) is 15.9 Å². The van der Waals surface area contributed by atoms with Gasteiger partial charge in [-0.1, -0.05) is 0 Å². The first-order valence-corrected chi connectivity index (χ1v) is 6.46. The van der Waals surface area contributed by atoms with Crippen LogP contribution in [0.4, 0.5) is 10.1 Å². The Morgan fingerprint density at radius 3 is 2.90 bits per heavy atom. The lowest BCUT2D eigenvalue weighted by molar-refractivity contribution is -0.385. The number of amides is 1. The fourth-order valence-electron chi connectivity index (χ4n) is 2.30. The minimum Gasteiger partial charge on any atom is -0.348 e. The van der Waals surface area contributed by atoms with Crippen molar-refractivity contribution in [1.82, 2.24) is 10.6 Å². The molecule has 1 aliphatic heterocycles. The zero-order valence-electron chi connectivity index (χ0n) is 11.1. The molecule has 1 aliphatic rings. The van der Waals surface area contributed by atoms with E-state index in [-0.39, 0.29) is 17.6 Å². The molecule has 1 saturated heterocycles. The maximum absolute atomic E-state index is 13.3. The molecule has 6 nitrogen and oxygen atoms in total. The highest BCUT2D eigenvalue weighted by Crippen LogP contribution is 2.17. The van der Waals surface area contributed by atoms with Crippen molar-refractivity contribution in [2.75, 3.05) is 6.54 Å². The number of halogens is 1. The molecular weight excluding hydrogens is 265 g/mol. The van der Waals surface area contributed by atoms with Crippen molar-refractivity contribution < 1.29 is 14.1 Å². The van der Waals surface area contributed by atoms with Crippen LogP contribution >= 0.6 is 0 Å². The predicted molar refractivity (Wildman–Crippen MR) is 71.0 cm³/mol.